The van der Waals surface area contributed by atoms with Gasteiger partial charge in [0.1, 0.15) is 0 Å². The molecule has 10 heteroatoms. The standard InChI is InChI=1S/C18H17F3N2O3S2/c19-18(20,21)14-5-1-4-13(10-14)15-11-17(26-22-15)7-3-8-23(12-17)28(24,25)16-6-2-9-27-16/h1-2,4-6,9-10H,3,7-8,11-12H2. The number of rotatable bonds is 3. The maximum absolute atomic E-state index is 13.0. The van der Waals surface area contributed by atoms with E-state index in [-0.39, 0.29) is 17.2 Å². The van der Waals surface area contributed by atoms with Crippen molar-refractivity contribution in [2.45, 2.75) is 35.2 Å². The van der Waals surface area contributed by atoms with Crippen molar-refractivity contribution >= 4 is 27.4 Å². The molecular formula is C18H17F3N2O3S2. The number of sulfonamides is 1. The van der Waals surface area contributed by atoms with E-state index < -0.39 is 27.7 Å². The van der Waals surface area contributed by atoms with Gasteiger partial charge in [0.15, 0.2) is 16.0 Å². The average molecular weight is 430 g/mol. The summed E-state index contributed by atoms with van der Waals surface area (Å²) in [7, 11) is -3.62. The van der Waals surface area contributed by atoms with Crippen molar-refractivity contribution in [2.75, 3.05) is 13.1 Å². The first-order chi connectivity index (χ1) is 13.2. The van der Waals surface area contributed by atoms with Crippen molar-refractivity contribution in [3.8, 4) is 0 Å². The normalized spacial score (nSPS) is 25.4. The van der Waals surface area contributed by atoms with Gasteiger partial charge in [-0.15, -0.1) is 4.31 Å². The number of hydrogen-bond donors (Lipinski definition) is 0. The Bertz CT molecular complexity index is 946. The molecule has 150 valence electrons. The summed E-state index contributed by atoms with van der Waals surface area (Å²) in [6, 6.07) is 8.18. The largest absolute Gasteiger partial charge is 0.592 e. The highest BCUT2D eigenvalue weighted by molar-refractivity contribution is 7.97. The van der Waals surface area contributed by atoms with Crippen LogP contribution in [0.25, 0.3) is 0 Å². The van der Waals surface area contributed by atoms with E-state index in [2.05, 4.69) is 5.16 Å². The molecule has 5 nitrogen and oxygen atoms in total. The summed E-state index contributed by atoms with van der Waals surface area (Å²) < 4.78 is 66.2. The third-order valence-corrected chi connectivity index (χ3v) is 8.17. The van der Waals surface area contributed by atoms with Gasteiger partial charge in [0, 0.05) is 24.6 Å². The zero-order valence-electron chi connectivity index (χ0n) is 14.6. The topological polar surface area (TPSA) is 65.0 Å². The fourth-order valence-corrected chi connectivity index (χ4v) is 6.27. The van der Waals surface area contributed by atoms with Gasteiger partial charge in [-0.2, -0.15) is 13.2 Å². The predicted octanol–water partition coefficient (Wildman–Crippen LogP) is 4.33. The van der Waals surface area contributed by atoms with Crippen molar-refractivity contribution in [3.63, 3.8) is 0 Å². The molecule has 3 heterocycles. The molecule has 0 aliphatic carbocycles. The Morgan fingerprint density at radius 2 is 2.11 bits per heavy atom. The lowest BCUT2D eigenvalue weighted by molar-refractivity contribution is -0.137. The molecule has 4 rings (SSSR count). The number of hydrogen-bond acceptors (Lipinski definition) is 5. The van der Waals surface area contributed by atoms with Gasteiger partial charge < -0.3 is 9.39 Å². The van der Waals surface area contributed by atoms with Crippen LogP contribution in [0.1, 0.15) is 30.4 Å². The fourth-order valence-electron chi connectivity index (χ4n) is 3.57. The van der Waals surface area contributed by atoms with Crippen LogP contribution >= 0.6 is 11.3 Å². The Morgan fingerprint density at radius 1 is 1.29 bits per heavy atom. The highest BCUT2D eigenvalue weighted by Crippen LogP contribution is 2.39. The molecule has 1 aromatic carbocycles. The molecule has 1 saturated heterocycles. The van der Waals surface area contributed by atoms with Crippen LogP contribution in [0.15, 0.2) is 51.1 Å². The van der Waals surface area contributed by atoms with E-state index >= 15 is 0 Å². The second-order valence-electron chi connectivity index (χ2n) is 6.94. The Balaban J connectivity index is 1.53. The van der Waals surface area contributed by atoms with E-state index in [9.17, 15) is 21.9 Å². The molecule has 2 aromatic rings. The van der Waals surface area contributed by atoms with Crippen molar-refractivity contribution in [2.24, 2.45) is 5.16 Å². The first-order valence-corrected chi connectivity index (χ1v) is 11.0. The van der Waals surface area contributed by atoms with Gasteiger partial charge in [0.05, 0.1) is 17.8 Å². The van der Waals surface area contributed by atoms with E-state index in [0.29, 0.717) is 30.7 Å². The second kappa shape index (κ2) is 6.94. The zero-order chi connectivity index (χ0) is 20.0. The molecule has 1 fully saturated rings. The Morgan fingerprint density at radius 3 is 2.82 bits per heavy atom. The molecule has 0 N–H and O–H groups in total. The molecule has 1 spiro atoms. The maximum atomic E-state index is 13.0. The number of oxime groups is 1. The predicted molar refractivity (Wildman–Crippen MR) is 98.6 cm³/mol. The summed E-state index contributed by atoms with van der Waals surface area (Å²) in [4.78, 5) is 5.62. The number of alkyl halides is 3. The summed E-state index contributed by atoms with van der Waals surface area (Å²) in [5, 5.41) is 5.72. The van der Waals surface area contributed by atoms with Crippen LogP contribution in [0.5, 0.6) is 0 Å². The number of benzene rings is 1. The average Bonchev–Trinajstić information content (AvgIpc) is 3.32. The monoisotopic (exact) mass is 430 g/mol. The van der Waals surface area contributed by atoms with Gasteiger partial charge in [-0.05, 0) is 36.4 Å². The lowest BCUT2D eigenvalue weighted by Crippen LogP contribution is -2.52. The smallest absolute Gasteiger partial charge is 0.416 e. The van der Waals surface area contributed by atoms with E-state index in [1.165, 1.54) is 10.4 Å². The van der Waals surface area contributed by atoms with E-state index in [1.54, 1.807) is 23.6 Å². The SMILES string of the molecule is O=[S+]([O-])(c1cccs1)N1CCCC2(CC(c3cccc(C(F)(F)F)c3)=NO2)C1. The van der Waals surface area contributed by atoms with Crippen LogP contribution in [-0.4, -0.2) is 33.3 Å². The third kappa shape index (κ3) is 3.61. The molecule has 0 saturated carbocycles. The lowest BCUT2D eigenvalue weighted by Gasteiger charge is -2.38. The van der Waals surface area contributed by atoms with Gasteiger partial charge in [0.2, 0.25) is 4.21 Å². The van der Waals surface area contributed by atoms with Crippen molar-refractivity contribution < 1.29 is 26.8 Å². The first-order valence-electron chi connectivity index (χ1n) is 8.66. The van der Waals surface area contributed by atoms with Crippen LogP contribution in [0, 0.1) is 0 Å². The molecule has 0 radical (unpaired) electrons. The third-order valence-electron chi connectivity index (χ3n) is 4.96. The molecule has 0 amide bonds. The highest BCUT2D eigenvalue weighted by Gasteiger charge is 2.48. The van der Waals surface area contributed by atoms with Gasteiger partial charge in [0.25, 0.3) is 0 Å². The molecule has 2 atom stereocenters. The van der Waals surface area contributed by atoms with Crippen molar-refractivity contribution in [1.29, 1.82) is 0 Å². The van der Waals surface area contributed by atoms with Gasteiger partial charge in [-0.1, -0.05) is 32.8 Å². The van der Waals surface area contributed by atoms with Crippen LogP contribution in [0.2, 0.25) is 0 Å². The molecule has 0 bridgehead atoms. The Hall–Kier alpha value is -1.75. The van der Waals surface area contributed by atoms with Crippen LogP contribution < -0.4 is 0 Å². The second-order valence-corrected chi connectivity index (χ2v) is 10.1. The van der Waals surface area contributed by atoms with Crippen LogP contribution in [0.3, 0.4) is 0 Å². The zero-order valence-corrected chi connectivity index (χ0v) is 16.3. The van der Waals surface area contributed by atoms with E-state index in [0.717, 1.165) is 23.5 Å². The number of piperidine rings is 1. The minimum atomic E-state index is -4.44. The minimum Gasteiger partial charge on any atom is -0.592 e. The maximum Gasteiger partial charge on any atom is 0.416 e. The van der Waals surface area contributed by atoms with Crippen molar-refractivity contribution in [3.05, 3.63) is 52.9 Å². The summed E-state index contributed by atoms with van der Waals surface area (Å²) in [5.41, 5.74) is -0.850. The van der Waals surface area contributed by atoms with E-state index in [1.807, 2.05) is 0 Å². The Kier molecular flexibility index (Phi) is 4.85. The van der Waals surface area contributed by atoms with Crippen molar-refractivity contribution in [1.82, 2.24) is 4.31 Å². The van der Waals surface area contributed by atoms with Gasteiger partial charge in [-0.25, -0.2) is 0 Å². The fraction of sp³-hybridized carbons (Fsp3) is 0.389. The van der Waals surface area contributed by atoms with Crippen LogP contribution in [-0.2, 0) is 25.6 Å². The molecular weight excluding hydrogens is 413 g/mol. The van der Waals surface area contributed by atoms with Gasteiger partial charge in [-0.3, -0.25) is 0 Å². The molecule has 1 aromatic heterocycles. The molecule has 2 aliphatic rings. The molecule has 2 aliphatic heterocycles. The highest BCUT2D eigenvalue weighted by atomic mass is 32.3. The Labute approximate surface area is 165 Å². The molecule has 28 heavy (non-hydrogen) atoms. The summed E-state index contributed by atoms with van der Waals surface area (Å²) in [6.45, 7) is 0.503. The van der Waals surface area contributed by atoms with Gasteiger partial charge >= 0.3 is 6.18 Å². The van der Waals surface area contributed by atoms with Crippen LogP contribution in [0.4, 0.5) is 13.2 Å². The number of thiophene rings is 1. The number of nitrogens with zero attached hydrogens (tertiary/aromatic N) is 2. The summed E-state index contributed by atoms with van der Waals surface area (Å²) in [6.07, 6.45) is -2.99. The molecule has 2 unspecified atom stereocenters. The number of halogens is 3. The lowest BCUT2D eigenvalue weighted by atomic mass is 9.87. The van der Waals surface area contributed by atoms with E-state index in [4.69, 9.17) is 4.84 Å². The first kappa shape index (κ1) is 19.6. The summed E-state index contributed by atoms with van der Waals surface area (Å²) in [5.74, 6) is 0. The summed E-state index contributed by atoms with van der Waals surface area (Å²) >= 11 is 1.15. The minimum absolute atomic E-state index is 0.124. The quantitative estimate of drug-likeness (QED) is 0.681.